The van der Waals surface area contributed by atoms with Crippen LogP contribution in [0, 0.1) is 25.5 Å². The van der Waals surface area contributed by atoms with E-state index in [2.05, 4.69) is 0 Å². The minimum Gasteiger partial charge on any atom is -0.334 e. The van der Waals surface area contributed by atoms with Crippen molar-refractivity contribution in [2.24, 2.45) is 0 Å². The predicted octanol–water partition coefficient (Wildman–Crippen LogP) is 5.02. The summed E-state index contributed by atoms with van der Waals surface area (Å²) in [5.41, 5.74) is 2.13. The highest BCUT2D eigenvalue weighted by atomic mass is 19.1. The molecule has 0 aromatic heterocycles. The SMILES string of the molecule is CCCCN(Cc1ccc(C)cc1F)C(=O)c1cc(C)ccc1F. The summed E-state index contributed by atoms with van der Waals surface area (Å²) in [7, 11) is 0. The fourth-order valence-electron chi connectivity index (χ4n) is 2.56. The first kappa shape index (κ1) is 18.1. The molecule has 0 spiro atoms. The summed E-state index contributed by atoms with van der Waals surface area (Å²) >= 11 is 0. The molecule has 2 rings (SSSR count). The Labute approximate surface area is 142 Å². The van der Waals surface area contributed by atoms with Crippen LogP contribution in [0.3, 0.4) is 0 Å². The molecule has 2 aromatic rings. The van der Waals surface area contributed by atoms with Gasteiger partial charge in [-0.2, -0.15) is 0 Å². The largest absolute Gasteiger partial charge is 0.334 e. The summed E-state index contributed by atoms with van der Waals surface area (Å²) in [5, 5.41) is 0. The first-order chi connectivity index (χ1) is 11.4. The normalized spacial score (nSPS) is 10.7. The molecule has 0 atom stereocenters. The highest BCUT2D eigenvalue weighted by Gasteiger charge is 2.20. The quantitative estimate of drug-likeness (QED) is 0.727. The van der Waals surface area contributed by atoms with Crippen LogP contribution in [0.1, 0.15) is 46.8 Å². The van der Waals surface area contributed by atoms with Crippen LogP contribution in [-0.4, -0.2) is 17.4 Å². The maximum atomic E-state index is 14.1. The number of amides is 1. The molecule has 0 unspecified atom stereocenters. The van der Waals surface area contributed by atoms with E-state index in [1.807, 2.05) is 26.8 Å². The summed E-state index contributed by atoms with van der Waals surface area (Å²) < 4.78 is 28.2. The van der Waals surface area contributed by atoms with Gasteiger partial charge in [0.2, 0.25) is 0 Å². The molecule has 0 N–H and O–H groups in total. The molecule has 0 aliphatic heterocycles. The number of carbonyl (C=O) groups is 1. The van der Waals surface area contributed by atoms with Crippen LogP contribution in [0.15, 0.2) is 36.4 Å². The number of hydrogen-bond donors (Lipinski definition) is 0. The molecule has 4 heteroatoms. The lowest BCUT2D eigenvalue weighted by atomic mass is 10.1. The Morgan fingerprint density at radius 1 is 1.00 bits per heavy atom. The van der Waals surface area contributed by atoms with E-state index >= 15 is 0 Å². The third-order valence-electron chi connectivity index (χ3n) is 3.99. The fourth-order valence-corrected chi connectivity index (χ4v) is 2.56. The molecule has 0 bridgehead atoms. The number of rotatable bonds is 6. The molecular formula is C20H23F2NO. The van der Waals surface area contributed by atoms with E-state index in [0.717, 1.165) is 24.0 Å². The summed E-state index contributed by atoms with van der Waals surface area (Å²) in [6.45, 7) is 6.25. The summed E-state index contributed by atoms with van der Waals surface area (Å²) in [6.07, 6.45) is 1.68. The van der Waals surface area contributed by atoms with Crippen LogP contribution in [-0.2, 0) is 6.54 Å². The van der Waals surface area contributed by atoms with Gasteiger partial charge in [0.25, 0.3) is 5.91 Å². The molecule has 0 saturated carbocycles. The van der Waals surface area contributed by atoms with E-state index in [-0.39, 0.29) is 17.9 Å². The number of carbonyl (C=O) groups excluding carboxylic acids is 1. The lowest BCUT2D eigenvalue weighted by Crippen LogP contribution is -2.32. The highest BCUT2D eigenvalue weighted by Crippen LogP contribution is 2.18. The molecule has 0 saturated heterocycles. The number of benzene rings is 2. The van der Waals surface area contributed by atoms with Crippen molar-refractivity contribution in [3.63, 3.8) is 0 Å². The number of unbranched alkanes of at least 4 members (excludes halogenated alkanes) is 1. The maximum absolute atomic E-state index is 14.1. The zero-order valence-corrected chi connectivity index (χ0v) is 14.4. The minimum absolute atomic E-state index is 0.0404. The van der Waals surface area contributed by atoms with E-state index in [4.69, 9.17) is 0 Å². The van der Waals surface area contributed by atoms with E-state index in [9.17, 15) is 13.6 Å². The summed E-state index contributed by atoms with van der Waals surface area (Å²) in [4.78, 5) is 14.3. The van der Waals surface area contributed by atoms with Crippen LogP contribution < -0.4 is 0 Å². The lowest BCUT2D eigenvalue weighted by Gasteiger charge is -2.23. The van der Waals surface area contributed by atoms with E-state index in [1.165, 1.54) is 17.0 Å². The minimum atomic E-state index is -0.545. The van der Waals surface area contributed by atoms with Crippen molar-refractivity contribution in [2.45, 2.75) is 40.2 Å². The Morgan fingerprint density at radius 3 is 2.33 bits per heavy atom. The average Bonchev–Trinajstić information content (AvgIpc) is 2.55. The van der Waals surface area contributed by atoms with Gasteiger partial charge in [-0.1, -0.05) is 37.1 Å². The van der Waals surface area contributed by atoms with Crippen LogP contribution in [0.2, 0.25) is 0 Å². The van der Waals surface area contributed by atoms with E-state index < -0.39 is 11.7 Å². The molecule has 0 aliphatic carbocycles. The number of halogens is 2. The molecular weight excluding hydrogens is 308 g/mol. The highest BCUT2D eigenvalue weighted by molar-refractivity contribution is 5.94. The third kappa shape index (κ3) is 4.40. The van der Waals surface area contributed by atoms with Crippen LogP contribution in [0.4, 0.5) is 8.78 Å². The zero-order chi connectivity index (χ0) is 17.7. The van der Waals surface area contributed by atoms with Gasteiger partial charge >= 0.3 is 0 Å². The Bertz CT molecular complexity index is 728. The summed E-state index contributed by atoms with van der Waals surface area (Å²) in [5.74, 6) is -1.28. The van der Waals surface area contributed by atoms with Crippen molar-refractivity contribution >= 4 is 5.91 Å². The van der Waals surface area contributed by atoms with Gasteiger partial charge in [0.15, 0.2) is 0 Å². The van der Waals surface area contributed by atoms with Crippen LogP contribution in [0.25, 0.3) is 0 Å². The predicted molar refractivity (Wildman–Crippen MR) is 91.9 cm³/mol. The van der Waals surface area contributed by atoms with Gasteiger partial charge < -0.3 is 4.90 Å². The third-order valence-corrected chi connectivity index (χ3v) is 3.99. The van der Waals surface area contributed by atoms with Gasteiger partial charge in [-0.3, -0.25) is 4.79 Å². The molecule has 24 heavy (non-hydrogen) atoms. The van der Waals surface area contributed by atoms with Gasteiger partial charge in [0.1, 0.15) is 11.6 Å². The molecule has 2 nitrogen and oxygen atoms in total. The maximum Gasteiger partial charge on any atom is 0.257 e. The van der Waals surface area contributed by atoms with Gasteiger partial charge in [-0.25, -0.2) is 8.78 Å². The van der Waals surface area contributed by atoms with E-state index in [0.29, 0.717) is 12.1 Å². The topological polar surface area (TPSA) is 20.3 Å². The smallest absolute Gasteiger partial charge is 0.257 e. The van der Waals surface area contributed by atoms with Crippen molar-refractivity contribution in [1.82, 2.24) is 4.90 Å². The Kier molecular flexibility index (Phi) is 6.07. The standard InChI is InChI=1S/C20H23F2NO/c1-4-5-10-23(13-16-8-6-15(3)12-19(16)22)20(24)17-11-14(2)7-9-18(17)21/h6-9,11-12H,4-5,10,13H2,1-3H3. The Morgan fingerprint density at radius 2 is 1.67 bits per heavy atom. The Hall–Kier alpha value is -2.23. The van der Waals surface area contributed by atoms with Crippen LogP contribution in [0.5, 0.6) is 0 Å². The number of hydrogen-bond acceptors (Lipinski definition) is 1. The fraction of sp³-hybridized carbons (Fsp3) is 0.350. The first-order valence-corrected chi connectivity index (χ1v) is 8.22. The average molecular weight is 331 g/mol. The molecule has 0 radical (unpaired) electrons. The van der Waals surface area contributed by atoms with Gasteiger partial charge in [0.05, 0.1) is 5.56 Å². The molecule has 0 fully saturated rings. The monoisotopic (exact) mass is 331 g/mol. The van der Waals surface area contributed by atoms with Crippen molar-refractivity contribution in [2.75, 3.05) is 6.54 Å². The first-order valence-electron chi connectivity index (χ1n) is 8.22. The second kappa shape index (κ2) is 8.04. The molecule has 1 amide bonds. The second-order valence-electron chi connectivity index (χ2n) is 6.16. The number of aryl methyl sites for hydroxylation is 2. The number of nitrogens with zero attached hydrogens (tertiary/aromatic N) is 1. The van der Waals surface area contributed by atoms with Crippen molar-refractivity contribution in [1.29, 1.82) is 0 Å². The summed E-state index contributed by atoms with van der Waals surface area (Å²) in [6, 6.07) is 9.42. The molecule has 128 valence electrons. The van der Waals surface area contributed by atoms with Crippen LogP contribution >= 0.6 is 0 Å². The van der Waals surface area contributed by atoms with Gasteiger partial charge in [-0.15, -0.1) is 0 Å². The lowest BCUT2D eigenvalue weighted by molar-refractivity contribution is 0.0734. The molecule has 2 aromatic carbocycles. The van der Waals surface area contributed by atoms with Crippen molar-refractivity contribution in [3.05, 3.63) is 70.3 Å². The van der Waals surface area contributed by atoms with Gasteiger partial charge in [0, 0.05) is 18.7 Å². The van der Waals surface area contributed by atoms with Crippen molar-refractivity contribution in [3.8, 4) is 0 Å². The van der Waals surface area contributed by atoms with E-state index in [1.54, 1.807) is 18.2 Å². The Balaban J connectivity index is 2.30. The molecule has 0 aliphatic rings. The van der Waals surface area contributed by atoms with Crippen molar-refractivity contribution < 1.29 is 13.6 Å². The zero-order valence-electron chi connectivity index (χ0n) is 14.4. The molecule has 0 heterocycles. The second-order valence-corrected chi connectivity index (χ2v) is 6.16. The van der Waals surface area contributed by atoms with Gasteiger partial charge in [-0.05, 0) is 44.0 Å².